The number of amides is 1. The van der Waals surface area contributed by atoms with E-state index < -0.39 is 24.2 Å². The molecule has 1 atom stereocenters. The summed E-state index contributed by atoms with van der Waals surface area (Å²) in [5.41, 5.74) is 6.42. The minimum Gasteiger partial charge on any atom is -0.396 e. The Hall–Kier alpha value is -2.26. The van der Waals surface area contributed by atoms with E-state index in [1.165, 1.54) is 6.07 Å². The molecule has 0 bridgehead atoms. The van der Waals surface area contributed by atoms with Crippen LogP contribution in [0, 0.1) is 5.92 Å². The zero-order chi connectivity index (χ0) is 20.5. The second kappa shape index (κ2) is 8.00. The van der Waals surface area contributed by atoms with Crippen molar-refractivity contribution in [2.75, 3.05) is 36.1 Å². The predicted octanol–water partition coefficient (Wildman–Crippen LogP) is 3.10. The Labute approximate surface area is 160 Å². The maximum atomic E-state index is 13.7. The third-order valence-corrected chi connectivity index (χ3v) is 5.47. The number of carbonyl (C=O) groups is 1. The number of halogens is 4. The molecule has 156 valence electrons. The fourth-order valence-corrected chi connectivity index (χ4v) is 3.87. The van der Waals surface area contributed by atoms with E-state index in [0.29, 0.717) is 24.6 Å². The Morgan fingerprint density at radius 3 is 2.46 bits per heavy atom. The Morgan fingerprint density at radius 1 is 1.25 bits per heavy atom. The summed E-state index contributed by atoms with van der Waals surface area (Å²) in [6.45, 7) is 0.565. The molecule has 0 aromatic carbocycles. The van der Waals surface area contributed by atoms with Crippen LogP contribution in [0.2, 0.25) is 0 Å². The van der Waals surface area contributed by atoms with Crippen molar-refractivity contribution in [1.29, 1.82) is 0 Å². The van der Waals surface area contributed by atoms with Crippen LogP contribution in [-0.2, 0) is 0 Å². The molecule has 4 N–H and O–H groups in total. The monoisotopic (exact) mass is 403 g/mol. The number of rotatable bonds is 4. The molecule has 0 spiro atoms. The standard InChI is InChI=1S/C18H25F4N5O/c1-24-15-14(23)8-13(16(26-15)27-7-6-11(19)9-27)17(28)25-12-4-2-10(3-5-12)18(20,21)22/h8,10-12H,2-7,9,23H2,1H3,(H,24,26)(H,25,28)/t10-,11?,12-. The number of aromatic nitrogens is 1. The van der Waals surface area contributed by atoms with Gasteiger partial charge in [-0.1, -0.05) is 0 Å². The number of nitrogens with zero attached hydrogens (tertiary/aromatic N) is 2. The summed E-state index contributed by atoms with van der Waals surface area (Å²) in [5, 5.41) is 5.65. The van der Waals surface area contributed by atoms with Crippen LogP contribution in [0.1, 0.15) is 42.5 Å². The van der Waals surface area contributed by atoms with Gasteiger partial charge in [0.15, 0.2) is 5.82 Å². The first-order valence-electron chi connectivity index (χ1n) is 9.44. The van der Waals surface area contributed by atoms with Gasteiger partial charge in [-0.25, -0.2) is 9.37 Å². The first-order chi connectivity index (χ1) is 13.2. The van der Waals surface area contributed by atoms with E-state index in [1.54, 1.807) is 11.9 Å². The lowest BCUT2D eigenvalue weighted by atomic mass is 9.85. The normalized spacial score (nSPS) is 25.6. The highest BCUT2D eigenvalue weighted by atomic mass is 19.4. The van der Waals surface area contributed by atoms with Gasteiger partial charge in [-0.15, -0.1) is 0 Å². The number of anilines is 3. The average Bonchev–Trinajstić information content (AvgIpc) is 3.07. The highest BCUT2D eigenvalue weighted by Gasteiger charge is 2.41. The first kappa shape index (κ1) is 20.5. The number of nitrogens with one attached hydrogen (secondary N) is 2. The molecule has 6 nitrogen and oxygen atoms in total. The molecule has 1 saturated heterocycles. The van der Waals surface area contributed by atoms with Crippen molar-refractivity contribution in [3.63, 3.8) is 0 Å². The Kier molecular flexibility index (Phi) is 5.85. The van der Waals surface area contributed by atoms with Crippen LogP contribution in [0.5, 0.6) is 0 Å². The second-order valence-corrected chi connectivity index (χ2v) is 7.44. The van der Waals surface area contributed by atoms with E-state index in [9.17, 15) is 22.4 Å². The zero-order valence-electron chi connectivity index (χ0n) is 15.7. The maximum Gasteiger partial charge on any atom is 0.391 e. The van der Waals surface area contributed by atoms with Crippen molar-refractivity contribution in [3.8, 4) is 0 Å². The van der Waals surface area contributed by atoms with Crippen LogP contribution in [-0.4, -0.2) is 49.4 Å². The topological polar surface area (TPSA) is 83.3 Å². The third kappa shape index (κ3) is 4.41. The molecular formula is C18H25F4N5O. The van der Waals surface area contributed by atoms with E-state index in [2.05, 4.69) is 15.6 Å². The molecule has 1 aliphatic carbocycles. The second-order valence-electron chi connectivity index (χ2n) is 7.44. The zero-order valence-corrected chi connectivity index (χ0v) is 15.7. The molecule has 1 amide bonds. The summed E-state index contributed by atoms with van der Waals surface area (Å²) in [6.07, 6.45) is -4.32. The molecule has 2 heterocycles. The molecular weight excluding hydrogens is 378 g/mol. The number of hydrogen-bond acceptors (Lipinski definition) is 5. The molecule has 1 saturated carbocycles. The minimum absolute atomic E-state index is 0.00393. The van der Waals surface area contributed by atoms with Gasteiger partial charge in [-0.05, 0) is 38.2 Å². The lowest BCUT2D eigenvalue weighted by molar-refractivity contribution is -0.182. The van der Waals surface area contributed by atoms with E-state index in [4.69, 9.17) is 5.73 Å². The summed E-state index contributed by atoms with van der Waals surface area (Å²) in [5.74, 6) is -1.04. The van der Waals surface area contributed by atoms with Crippen LogP contribution in [0.15, 0.2) is 6.07 Å². The maximum absolute atomic E-state index is 13.7. The summed E-state index contributed by atoms with van der Waals surface area (Å²) in [4.78, 5) is 18.9. The van der Waals surface area contributed by atoms with Crippen LogP contribution >= 0.6 is 0 Å². The summed E-state index contributed by atoms with van der Waals surface area (Å²) < 4.78 is 52.1. The molecule has 1 aliphatic heterocycles. The van der Waals surface area contributed by atoms with Gasteiger partial charge in [0, 0.05) is 19.6 Å². The molecule has 1 aromatic rings. The summed E-state index contributed by atoms with van der Waals surface area (Å²) in [6, 6.07) is 1.15. The average molecular weight is 403 g/mol. The Morgan fingerprint density at radius 2 is 1.93 bits per heavy atom. The third-order valence-electron chi connectivity index (χ3n) is 5.47. The highest BCUT2D eigenvalue weighted by Crippen LogP contribution is 2.37. The molecule has 0 radical (unpaired) electrons. The number of pyridine rings is 1. The van der Waals surface area contributed by atoms with Gasteiger partial charge in [0.2, 0.25) is 0 Å². The quantitative estimate of drug-likeness (QED) is 0.673. The summed E-state index contributed by atoms with van der Waals surface area (Å²) in [7, 11) is 1.64. The van der Waals surface area contributed by atoms with Crippen LogP contribution in [0.25, 0.3) is 0 Å². The number of nitrogens with two attached hydrogens (primary N) is 1. The van der Waals surface area contributed by atoms with Crippen molar-refractivity contribution >= 4 is 23.2 Å². The number of carbonyl (C=O) groups excluding carboxylic acids is 1. The van der Waals surface area contributed by atoms with Crippen LogP contribution < -0.4 is 21.3 Å². The Balaban J connectivity index is 1.75. The predicted molar refractivity (Wildman–Crippen MR) is 99.2 cm³/mol. The lowest BCUT2D eigenvalue weighted by Crippen LogP contribution is -2.40. The van der Waals surface area contributed by atoms with Crippen molar-refractivity contribution in [3.05, 3.63) is 11.6 Å². The highest BCUT2D eigenvalue weighted by molar-refractivity contribution is 6.00. The van der Waals surface area contributed by atoms with E-state index in [1.807, 2.05) is 0 Å². The van der Waals surface area contributed by atoms with Crippen LogP contribution in [0.3, 0.4) is 0 Å². The molecule has 10 heteroatoms. The first-order valence-corrected chi connectivity index (χ1v) is 9.44. The Bertz CT molecular complexity index is 719. The van der Waals surface area contributed by atoms with Gasteiger partial charge in [-0.2, -0.15) is 13.2 Å². The summed E-state index contributed by atoms with van der Waals surface area (Å²) >= 11 is 0. The van der Waals surface area contributed by atoms with Gasteiger partial charge >= 0.3 is 6.18 Å². The smallest absolute Gasteiger partial charge is 0.391 e. The number of hydrogen-bond donors (Lipinski definition) is 3. The fraction of sp³-hybridized carbons (Fsp3) is 0.667. The van der Waals surface area contributed by atoms with E-state index in [-0.39, 0.29) is 49.5 Å². The molecule has 28 heavy (non-hydrogen) atoms. The minimum atomic E-state index is -4.19. The van der Waals surface area contributed by atoms with Gasteiger partial charge in [0.1, 0.15) is 12.0 Å². The SMILES string of the molecule is CNc1nc(N2CCC(F)C2)c(C(=O)N[C@H]2CC[C@H](C(F)(F)F)CC2)cc1N. The van der Waals surface area contributed by atoms with Crippen molar-refractivity contribution in [2.45, 2.75) is 50.5 Å². The molecule has 1 unspecified atom stereocenters. The fourth-order valence-electron chi connectivity index (χ4n) is 3.87. The molecule has 3 rings (SSSR count). The molecule has 2 fully saturated rings. The van der Waals surface area contributed by atoms with Gasteiger partial charge in [-0.3, -0.25) is 4.79 Å². The van der Waals surface area contributed by atoms with E-state index in [0.717, 1.165) is 0 Å². The largest absolute Gasteiger partial charge is 0.396 e. The van der Waals surface area contributed by atoms with Crippen molar-refractivity contribution in [1.82, 2.24) is 10.3 Å². The lowest BCUT2D eigenvalue weighted by Gasteiger charge is -2.30. The molecule has 1 aromatic heterocycles. The van der Waals surface area contributed by atoms with Crippen molar-refractivity contribution < 1.29 is 22.4 Å². The van der Waals surface area contributed by atoms with Gasteiger partial charge in [0.25, 0.3) is 5.91 Å². The van der Waals surface area contributed by atoms with Crippen LogP contribution in [0.4, 0.5) is 34.9 Å². The number of nitrogen functional groups attached to an aromatic ring is 1. The van der Waals surface area contributed by atoms with Gasteiger partial charge in [0.05, 0.1) is 23.7 Å². The van der Waals surface area contributed by atoms with Crippen molar-refractivity contribution in [2.24, 2.45) is 5.92 Å². The molecule has 2 aliphatic rings. The number of alkyl halides is 4. The van der Waals surface area contributed by atoms with Gasteiger partial charge < -0.3 is 21.3 Å². The van der Waals surface area contributed by atoms with E-state index >= 15 is 0 Å².